The van der Waals surface area contributed by atoms with Gasteiger partial charge in [-0.3, -0.25) is 9.69 Å². The van der Waals surface area contributed by atoms with E-state index in [-0.39, 0.29) is 42.3 Å². The zero-order valence-corrected chi connectivity index (χ0v) is 18.4. The number of carbonyl (C=O) groups is 1. The molecular formula is C22H35Cl2N3O. The minimum atomic E-state index is 0. The summed E-state index contributed by atoms with van der Waals surface area (Å²) >= 11 is 0. The SMILES string of the molecule is Cl.Cl.NC1CCC(C(=O)N2CCN(Cc3ccccc3)C3(CCCCC3)C2)C1. The summed E-state index contributed by atoms with van der Waals surface area (Å²) in [7, 11) is 0. The molecule has 1 amide bonds. The average molecular weight is 428 g/mol. The Hall–Kier alpha value is -0.810. The molecule has 0 aromatic heterocycles. The fourth-order valence-corrected chi connectivity index (χ4v) is 5.43. The van der Waals surface area contributed by atoms with Crippen LogP contribution in [0.5, 0.6) is 0 Å². The second-order valence-corrected chi connectivity index (χ2v) is 8.72. The number of halogens is 2. The van der Waals surface area contributed by atoms with Gasteiger partial charge in [0.25, 0.3) is 0 Å². The molecule has 3 fully saturated rings. The van der Waals surface area contributed by atoms with Crippen LogP contribution in [-0.2, 0) is 11.3 Å². The largest absolute Gasteiger partial charge is 0.339 e. The highest BCUT2D eigenvalue weighted by atomic mass is 35.5. The first-order valence-corrected chi connectivity index (χ1v) is 10.5. The summed E-state index contributed by atoms with van der Waals surface area (Å²) in [6, 6.07) is 11.0. The van der Waals surface area contributed by atoms with Gasteiger partial charge in [0.15, 0.2) is 0 Å². The van der Waals surface area contributed by atoms with E-state index in [1.54, 1.807) is 0 Å². The molecule has 2 aliphatic carbocycles. The Morgan fingerprint density at radius 1 is 1.04 bits per heavy atom. The van der Waals surface area contributed by atoms with E-state index in [1.807, 2.05) is 0 Å². The number of hydrogen-bond acceptors (Lipinski definition) is 3. The van der Waals surface area contributed by atoms with Crippen molar-refractivity contribution >= 4 is 30.7 Å². The average Bonchev–Trinajstić information content (AvgIpc) is 3.11. The van der Waals surface area contributed by atoms with Crippen molar-refractivity contribution < 1.29 is 4.79 Å². The molecule has 1 spiro atoms. The number of nitrogens with two attached hydrogens (primary N) is 1. The first kappa shape index (κ1) is 23.5. The topological polar surface area (TPSA) is 49.6 Å². The summed E-state index contributed by atoms with van der Waals surface area (Å²) in [6.07, 6.45) is 9.26. The lowest BCUT2D eigenvalue weighted by atomic mass is 9.78. The molecule has 1 heterocycles. The summed E-state index contributed by atoms with van der Waals surface area (Å²) in [5.41, 5.74) is 7.63. The molecule has 1 aromatic carbocycles. The monoisotopic (exact) mass is 427 g/mol. The molecule has 28 heavy (non-hydrogen) atoms. The number of amides is 1. The predicted octanol–water partition coefficient (Wildman–Crippen LogP) is 4.00. The fourth-order valence-electron chi connectivity index (χ4n) is 5.43. The lowest BCUT2D eigenvalue weighted by molar-refractivity contribution is -0.143. The van der Waals surface area contributed by atoms with Crippen molar-refractivity contribution in [1.29, 1.82) is 0 Å². The van der Waals surface area contributed by atoms with Gasteiger partial charge < -0.3 is 10.6 Å². The van der Waals surface area contributed by atoms with E-state index in [1.165, 1.54) is 37.7 Å². The van der Waals surface area contributed by atoms with Gasteiger partial charge in [0.05, 0.1) is 0 Å². The standard InChI is InChI=1S/C22H33N3O.2ClH/c23-20-10-9-19(15-20)21(26)24-13-14-25(16-18-7-3-1-4-8-18)22(17-24)11-5-2-6-12-22;;/h1,3-4,7-8,19-20H,2,5-6,9-17,23H2;2*1H. The van der Waals surface area contributed by atoms with E-state index < -0.39 is 0 Å². The number of carbonyl (C=O) groups excluding carboxylic acids is 1. The van der Waals surface area contributed by atoms with Gasteiger partial charge in [-0.1, -0.05) is 49.6 Å². The number of piperazine rings is 1. The molecule has 1 aromatic rings. The molecule has 6 heteroatoms. The van der Waals surface area contributed by atoms with Crippen LogP contribution in [0, 0.1) is 5.92 Å². The summed E-state index contributed by atoms with van der Waals surface area (Å²) in [5, 5.41) is 0. The minimum Gasteiger partial charge on any atom is -0.339 e. The molecule has 0 bridgehead atoms. The Bertz CT molecular complexity index is 621. The van der Waals surface area contributed by atoms with Crippen LogP contribution in [0.25, 0.3) is 0 Å². The van der Waals surface area contributed by atoms with Crippen LogP contribution in [0.2, 0.25) is 0 Å². The lowest BCUT2D eigenvalue weighted by Crippen LogP contribution is -2.64. The van der Waals surface area contributed by atoms with Crippen molar-refractivity contribution in [3.63, 3.8) is 0 Å². The maximum absolute atomic E-state index is 13.1. The van der Waals surface area contributed by atoms with Crippen molar-refractivity contribution in [1.82, 2.24) is 9.80 Å². The van der Waals surface area contributed by atoms with E-state index in [0.29, 0.717) is 5.91 Å². The van der Waals surface area contributed by atoms with E-state index in [0.717, 1.165) is 45.4 Å². The molecule has 4 nitrogen and oxygen atoms in total. The zero-order valence-electron chi connectivity index (χ0n) is 16.7. The number of benzene rings is 1. The highest BCUT2D eigenvalue weighted by Crippen LogP contribution is 2.38. The Kier molecular flexibility index (Phi) is 8.62. The summed E-state index contributed by atoms with van der Waals surface area (Å²) < 4.78 is 0. The fraction of sp³-hybridized carbons (Fsp3) is 0.682. The lowest BCUT2D eigenvalue weighted by Gasteiger charge is -2.53. The molecule has 4 rings (SSSR count). The van der Waals surface area contributed by atoms with E-state index >= 15 is 0 Å². The molecule has 2 unspecified atom stereocenters. The quantitative estimate of drug-likeness (QED) is 0.792. The third-order valence-corrected chi connectivity index (χ3v) is 6.93. The highest BCUT2D eigenvalue weighted by molar-refractivity contribution is 5.85. The molecule has 2 atom stereocenters. The van der Waals surface area contributed by atoms with Crippen molar-refractivity contribution in [2.75, 3.05) is 19.6 Å². The van der Waals surface area contributed by atoms with Crippen LogP contribution in [0.15, 0.2) is 30.3 Å². The van der Waals surface area contributed by atoms with E-state index in [4.69, 9.17) is 5.73 Å². The maximum atomic E-state index is 13.1. The number of hydrogen-bond donors (Lipinski definition) is 1. The third kappa shape index (κ3) is 5.02. The van der Waals surface area contributed by atoms with Gasteiger partial charge >= 0.3 is 0 Å². The third-order valence-electron chi connectivity index (χ3n) is 6.93. The highest BCUT2D eigenvalue weighted by Gasteiger charge is 2.44. The first-order chi connectivity index (χ1) is 12.7. The molecule has 158 valence electrons. The molecule has 2 saturated carbocycles. The van der Waals surface area contributed by atoms with Gasteiger partial charge in [-0.2, -0.15) is 0 Å². The second kappa shape index (κ2) is 10.3. The Morgan fingerprint density at radius 2 is 1.75 bits per heavy atom. The Balaban J connectivity index is 0.00000140. The van der Waals surface area contributed by atoms with Crippen LogP contribution < -0.4 is 5.73 Å². The van der Waals surface area contributed by atoms with Gasteiger partial charge in [0.1, 0.15) is 0 Å². The van der Waals surface area contributed by atoms with Gasteiger partial charge in [-0.25, -0.2) is 0 Å². The van der Waals surface area contributed by atoms with Gasteiger partial charge in [-0.05, 0) is 37.7 Å². The van der Waals surface area contributed by atoms with Crippen molar-refractivity contribution in [2.24, 2.45) is 11.7 Å². The van der Waals surface area contributed by atoms with Crippen molar-refractivity contribution in [3.05, 3.63) is 35.9 Å². The van der Waals surface area contributed by atoms with Crippen LogP contribution >= 0.6 is 24.8 Å². The normalized spacial score (nSPS) is 27.1. The number of rotatable bonds is 3. The molecule has 0 radical (unpaired) electrons. The molecular weight excluding hydrogens is 393 g/mol. The maximum Gasteiger partial charge on any atom is 0.225 e. The molecule has 2 N–H and O–H groups in total. The Morgan fingerprint density at radius 3 is 2.39 bits per heavy atom. The van der Waals surface area contributed by atoms with Crippen LogP contribution in [0.3, 0.4) is 0 Å². The smallest absolute Gasteiger partial charge is 0.225 e. The molecule has 3 aliphatic rings. The van der Waals surface area contributed by atoms with Gasteiger partial charge in [0.2, 0.25) is 5.91 Å². The van der Waals surface area contributed by atoms with E-state index in [9.17, 15) is 4.79 Å². The summed E-state index contributed by atoms with van der Waals surface area (Å²) in [4.78, 5) is 18.0. The minimum absolute atomic E-state index is 0. The van der Waals surface area contributed by atoms with E-state index in [2.05, 4.69) is 40.1 Å². The van der Waals surface area contributed by atoms with Crippen LogP contribution in [-0.4, -0.2) is 46.9 Å². The van der Waals surface area contributed by atoms with Crippen molar-refractivity contribution in [3.8, 4) is 0 Å². The van der Waals surface area contributed by atoms with Crippen LogP contribution in [0.1, 0.15) is 56.9 Å². The number of nitrogens with zero attached hydrogens (tertiary/aromatic N) is 2. The predicted molar refractivity (Wildman–Crippen MR) is 119 cm³/mol. The Labute approximate surface area is 182 Å². The second-order valence-electron chi connectivity index (χ2n) is 8.72. The van der Waals surface area contributed by atoms with Crippen molar-refractivity contribution in [2.45, 2.75) is 69.5 Å². The first-order valence-electron chi connectivity index (χ1n) is 10.5. The molecule has 1 saturated heterocycles. The molecule has 1 aliphatic heterocycles. The summed E-state index contributed by atoms with van der Waals surface area (Å²) in [5.74, 6) is 0.550. The zero-order chi connectivity index (χ0) is 18.0. The summed E-state index contributed by atoms with van der Waals surface area (Å²) in [6.45, 7) is 3.81. The van der Waals surface area contributed by atoms with Crippen LogP contribution in [0.4, 0.5) is 0 Å². The van der Waals surface area contributed by atoms with Gasteiger partial charge in [-0.15, -0.1) is 24.8 Å². The van der Waals surface area contributed by atoms with Gasteiger partial charge in [0, 0.05) is 43.7 Å².